The number of nitro groups is 2. The van der Waals surface area contributed by atoms with Gasteiger partial charge in [0, 0.05) is 11.6 Å². The van der Waals surface area contributed by atoms with E-state index in [4.69, 9.17) is 0 Å². The first-order valence-electron chi connectivity index (χ1n) is 5.54. The van der Waals surface area contributed by atoms with Crippen LogP contribution in [0.5, 0.6) is 0 Å². The summed E-state index contributed by atoms with van der Waals surface area (Å²) in [5.74, 6) is 0. The molecule has 0 heterocycles. The number of rotatable bonds is 3. The van der Waals surface area contributed by atoms with Crippen LogP contribution < -0.4 is 0 Å². The van der Waals surface area contributed by atoms with Crippen LogP contribution >= 0.6 is 0 Å². The monoisotopic (exact) mass is 252 g/mol. The molecule has 6 heteroatoms. The third-order valence-corrected chi connectivity index (χ3v) is 2.55. The molecule has 18 heavy (non-hydrogen) atoms. The number of non-ortho nitro benzene ring substituents is 1. The molecule has 0 saturated carbocycles. The van der Waals surface area contributed by atoms with Crippen molar-refractivity contribution in [3.63, 3.8) is 0 Å². The summed E-state index contributed by atoms with van der Waals surface area (Å²) in [7, 11) is 0. The highest BCUT2D eigenvalue weighted by Gasteiger charge is 2.25. The third kappa shape index (κ3) is 3.26. The van der Waals surface area contributed by atoms with Crippen molar-refractivity contribution >= 4 is 11.4 Å². The molecule has 0 aliphatic carbocycles. The van der Waals surface area contributed by atoms with E-state index in [1.165, 1.54) is 6.07 Å². The van der Waals surface area contributed by atoms with Crippen molar-refractivity contribution in [2.24, 2.45) is 5.41 Å². The summed E-state index contributed by atoms with van der Waals surface area (Å²) >= 11 is 0. The first kappa shape index (κ1) is 14.1. The first-order chi connectivity index (χ1) is 8.11. The lowest BCUT2D eigenvalue weighted by Crippen LogP contribution is -2.12. The van der Waals surface area contributed by atoms with E-state index >= 15 is 0 Å². The molecule has 98 valence electrons. The zero-order chi connectivity index (χ0) is 14.1. The maximum Gasteiger partial charge on any atom is 0.279 e. The van der Waals surface area contributed by atoms with Crippen molar-refractivity contribution in [3.8, 4) is 0 Å². The van der Waals surface area contributed by atoms with Gasteiger partial charge in [-0.15, -0.1) is 0 Å². The van der Waals surface area contributed by atoms with E-state index in [1.807, 2.05) is 20.8 Å². The molecule has 0 fully saturated rings. The molecule has 0 N–H and O–H groups in total. The second-order valence-electron chi connectivity index (χ2n) is 5.51. The average molecular weight is 252 g/mol. The predicted octanol–water partition coefficient (Wildman–Crippen LogP) is 3.40. The fraction of sp³-hybridized carbons (Fsp3) is 0.500. The zero-order valence-corrected chi connectivity index (χ0v) is 10.9. The van der Waals surface area contributed by atoms with Crippen molar-refractivity contribution in [1.29, 1.82) is 0 Å². The van der Waals surface area contributed by atoms with Crippen LogP contribution in [0.15, 0.2) is 12.1 Å². The van der Waals surface area contributed by atoms with Gasteiger partial charge < -0.3 is 0 Å². The predicted molar refractivity (Wildman–Crippen MR) is 67.6 cm³/mol. The highest BCUT2D eigenvalue weighted by molar-refractivity contribution is 5.53. The Morgan fingerprint density at radius 1 is 1.11 bits per heavy atom. The van der Waals surface area contributed by atoms with Crippen LogP contribution in [0.3, 0.4) is 0 Å². The third-order valence-electron chi connectivity index (χ3n) is 2.55. The standard InChI is InChI=1S/C12H16N2O4/c1-8-5-9(13(15)16)6-11(14(17)18)10(8)7-12(2,3)4/h5-6H,7H2,1-4H3. The molecule has 1 aromatic rings. The van der Waals surface area contributed by atoms with E-state index in [1.54, 1.807) is 6.92 Å². The Balaban J connectivity index is 3.41. The maximum atomic E-state index is 11.0. The molecule has 0 saturated heterocycles. The van der Waals surface area contributed by atoms with Crippen LogP contribution in [0, 0.1) is 32.6 Å². The minimum atomic E-state index is -0.610. The molecule has 0 aliphatic rings. The Morgan fingerprint density at radius 2 is 1.67 bits per heavy atom. The molecule has 0 bridgehead atoms. The molecule has 0 radical (unpaired) electrons. The van der Waals surface area contributed by atoms with Gasteiger partial charge in [0.1, 0.15) is 0 Å². The fourth-order valence-electron chi connectivity index (χ4n) is 1.81. The van der Waals surface area contributed by atoms with Crippen LogP contribution in [-0.2, 0) is 6.42 Å². The van der Waals surface area contributed by atoms with Gasteiger partial charge in [-0.3, -0.25) is 20.2 Å². The molecule has 1 aromatic carbocycles. The van der Waals surface area contributed by atoms with Crippen LogP contribution in [0.4, 0.5) is 11.4 Å². The van der Waals surface area contributed by atoms with Crippen LogP contribution in [0.1, 0.15) is 31.9 Å². The van der Waals surface area contributed by atoms with Crippen LogP contribution in [-0.4, -0.2) is 9.85 Å². The number of hydrogen-bond acceptors (Lipinski definition) is 4. The number of nitro benzene ring substituents is 2. The van der Waals surface area contributed by atoms with E-state index in [-0.39, 0.29) is 16.8 Å². The molecule has 1 rings (SSSR count). The minimum Gasteiger partial charge on any atom is -0.258 e. The van der Waals surface area contributed by atoms with E-state index < -0.39 is 9.85 Å². The molecule has 0 unspecified atom stereocenters. The van der Waals surface area contributed by atoms with Gasteiger partial charge in [0.25, 0.3) is 11.4 Å². The molecule has 0 amide bonds. The van der Waals surface area contributed by atoms with E-state index in [9.17, 15) is 20.2 Å². The fourth-order valence-corrected chi connectivity index (χ4v) is 1.81. The number of hydrogen-bond donors (Lipinski definition) is 0. The smallest absolute Gasteiger partial charge is 0.258 e. The second kappa shape index (κ2) is 4.72. The molecule has 0 atom stereocenters. The van der Waals surface area contributed by atoms with Gasteiger partial charge in [-0.1, -0.05) is 20.8 Å². The van der Waals surface area contributed by atoms with Crippen molar-refractivity contribution in [2.45, 2.75) is 34.1 Å². The van der Waals surface area contributed by atoms with E-state index in [2.05, 4.69) is 0 Å². The molecule has 0 spiro atoms. The normalized spacial score (nSPS) is 11.3. The summed E-state index contributed by atoms with van der Waals surface area (Å²) in [4.78, 5) is 20.6. The summed E-state index contributed by atoms with van der Waals surface area (Å²) in [5, 5.41) is 21.7. The number of benzene rings is 1. The summed E-state index contributed by atoms with van der Waals surface area (Å²) in [5.41, 5.74) is 0.628. The summed E-state index contributed by atoms with van der Waals surface area (Å²) < 4.78 is 0. The van der Waals surface area contributed by atoms with E-state index in [0.717, 1.165) is 6.07 Å². The van der Waals surface area contributed by atoms with Crippen LogP contribution in [0.2, 0.25) is 0 Å². The Kier molecular flexibility index (Phi) is 3.69. The van der Waals surface area contributed by atoms with Gasteiger partial charge in [0.05, 0.1) is 15.9 Å². The lowest BCUT2D eigenvalue weighted by Gasteiger charge is -2.19. The van der Waals surface area contributed by atoms with Gasteiger partial charge in [0.15, 0.2) is 0 Å². The zero-order valence-electron chi connectivity index (χ0n) is 10.9. The SMILES string of the molecule is Cc1cc([N+](=O)[O-])cc([N+](=O)[O-])c1CC(C)(C)C. The van der Waals surface area contributed by atoms with Crippen molar-refractivity contribution in [2.75, 3.05) is 0 Å². The Bertz CT molecular complexity index is 504. The van der Waals surface area contributed by atoms with Crippen molar-refractivity contribution in [3.05, 3.63) is 43.5 Å². The molecular weight excluding hydrogens is 236 g/mol. The van der Waals surface area contributed by atoms with Gasteiger partial charge in [-0.2, -0.15) is 0 Å². The second-order valence-corrected chi connectivity index (χ2v) is 5.51. The lowest BCUT2D eigenvalue weighted by molar-refractivity contribution is -0.394. The van der Waals surface area contributed by atoms with Gasteiger partial charge in [-0.05, 0) is 24.3 Å². The molecule has 0 aromatic heterocycles. The first-order valence-corrected chi connectivity index (χ1v) is 5.54. The van der Waals surface area contributed by atoms with Crippen molar-refractivity contribution in [1.82, 2.24) is 0 Å². The topological polar surface area (TPSA) is 86.3 Å². The van der Waals surface area contributed by atoms with Gasteiger partial charge in [-0.25, -0.2) is 0 Å². The summed E-state index contributed by atoms with van der Waals surface area (Å²) in [6.45, 7) is 7.58. The maximum absolute atomic E-state index is 11.0. The van der Waals surface area contributed by atoms with E-state index in [0.29, 0.717) is 17.5 Å². The van der Waals surface area contributed by atoms with Crippen LogP contribution in [0.25, 0.3) is 0 Å². The van der Waals surface area contributed by atoms with Crippen molar-refractivity contribution < 1.29 is 9.85 Å². The van der Waals surface area contributed by atoms with Gasteiger partial charge >= 0.3 is 0 Å². The average Bonchev–Trinajstić information content (AvgIpc) is 2.18. The Morgan fingerprint density at radius 3 is 2.06 bits per heavy atom. The summed E-state index contributed by atoms with van der Waals surface area (Å²) in [6.07, 6.45) is 0.507. The number of nitrogens with zero attached hydrogens (tertiary/aromatic N) is 2. The Hall–Kier alpha value is -1.98. The Labute approximate surface area is 105 Å². The lowest BCUT2D eigenvalue weighted by atomic mass is 9.85. The molecule has 0 aliphatic heterocycles. The summed E-state index contributed by atoms with van der Waals surface area (Å²) in [6, 6.07) is 2.42. The van der Waals surface area contributed by atoms with Gasteiger partial charge in [0.2, 0.25) is 0 Å². The highest BCUT2D eigenvalue weighted by Crippen LogP contribution is 2.33. The highest BCUT2D eigenvalue weighted by atomic mass is 16.6. The molecule has 6 nitrogen and oxygen atoms in total. The quantitative estimate of drug-likeness (QED) is 0.609. The minimum absolute atomic E-state index is 0.119. The largest absolute Gasteiger partial charge is 0.279 e. The number of aryl methyl sites for hydroxylation is 1. The molecular formula is C12H16N2O4.